The molecular weight excluding hydrogens is 260 g/mol. The van der Waals surface area contributed by atoms with E-state index in [1.165, 1.54) is 5.56 Å². The fraction of sp³-hybridized carbons (Fsp3) is 0.278. The van der Waals surface area contributed by atoms with Gasteiger partial charge in [0.1, 0.15) is 0 Å². The van der Waals surface area contributed by atoms with Gasteiger partial charge in [-0.05, 0) is 49.1 Å². The van der Waals surface area contributed by atoms with E-state index in [4.69, 9.17) is 0 Å². The first-order chi connectivity index (χ1) is 10.2. The number of fused-ring (bicyclic) bond motifs is 1. The third-order valence-corrected chi connectivity index (χ3v) is 4.00. The van der Waals surface area contributed by atoms with Crippen LogP contribution in [0.3, 0.4) is 0 Å². The minimum absolute atomic E-state index is 0.0341. The summed E-state index contributed by atoms with van der Waals surface area (Å²) >= 11 is 0. The number of rotatable bonds is 2. The molecule has 0 saturated heterocycles. The van der Waals surface area contributed by atoms with E-state index in [-0.39, 0.29) is 5.91 Å². The van der Waals surface area contributed by atoms with E-state index in [0.29, 0.717) is 0 Å². The van der Waals surface area contributed by atoms with E-state index < -0.39 is 0 Å². The van der Waals surface area contributed by atoms with Crippen LogP contribution in [0.5, 0.6) is 0 Å². The average Bonchev–Trinajstić information content (AvgIpc) is 2.53. The quantitative estimate of drug-likeness (QED) is 0.911. The van der Waals surface area contributed by atoms with Gasteiger partial charge in [-0.1, -0.05) is 24.3 Å². The molecule has 1 N–H and O–H groups in total. The highest BCUT2D eigenvalue weighted by atomic mass is 16.2. The molecule has 1 heterocycles. The standard InChI is InChI=1S/C18H20N2O/c1-13-6-3-9-15(12-13)20(2)18(21)16-10-4-7-14-8-5-11-19-17(14)16/h3-4,6-7,9-10,12,19H,5,8,11H2,1-2H3. The Bertz CT molecular complexity index is 679. The lowest BCUT2D eigenvalue weighted by Gasteiger charge is -2.24. The molecule has 0 radical (unpaired) electrons. The smallest absolute Gasteiger partial charge is 0.260 e. The predicted molar refractivity (Wildman–Crippen MR) is 87.2 cm³/mol. The number of nitrogens with zero attached hydrogens (tertiary/aromatic N) is 1. The normalized spacial score (nSPS) is 13.2. The van der Waals surface area contributed by atoms with E-state index in [1.54, 1.807) is 4.90 Å². The number of hydrogen-bond donors (Lipinski definition) is 1. The molecule has 3 nitrogen and oxygen atoms in total. The zero-order chi connectivity index (χ0) is 14.8. The van der Waals surface area contributed by atoms with Crippen molar-refractivity contribution in [3.63, 3.8) is 0 Å². The van der Waals surface area contributed by atoms with Gasteiger partial charge in [0.15, 0.2) is 0 Å². The fourth-order valence-electron chi connectivity index (χ4n) is 2.82. The van der Waals surface area contributed by atoms with Gasteiger partial charge in [0, 0.05) is 19.3 Å². The van der Waals surface area contributed by atoms with Crippen LogP contribution in [0.1, 0.15) is 27.9 Å². The third-order valence-electron chi connectivity index (χ3n) is 4.00. The molecule has 0 unspecified atom stereocenters. The molecule has 1 aliphatic rings. The average molecular weight is 280 g/mol. The maximum Gasteiger partial charge on any atom is 0.260 e. The zero-order valence-corrected chi connectivity index (χ0v) is 12.5. The molecule has 0 spiro atoms. The lowest BCUT2D eigenvalue weighted by molar-refractivity contribution is 0.0993. The van der Waals surface area contributed by atoms with Gasteiger partial charge in [-0.25, -0.2) is 0 Å². The molecule has 0 bridgehead atoms. The molecule has 1 aliphatic heterocycles. The van der Waals surface area contributed by atoms with Crippen LogP contribution in [0.4, 0.5) is 11.4 Å². The zero-order valence-electron chi connectivity index (χ0n) is 12.5. The maximum atomic E-state index is 12.8. The Labute approximate surface area is 125 Å². The topological polar surface area (TPSA) is 32.3 Å². The summed E-state index contributed by atoms with van der Waals surface area (Å²) in [7, 11) is 1.83. The summed E-state index contributed by atoms with van der Waals surface area (Å²) in [6, 6.07) is 14.0. The fourth-order valence-corrected chi connectivity index (χ4v) is 2.82. The van der Waals surface area contributed by atoms with Crippen molar-refractivity contribution in [3.05, 3.63) is 59.2 Å². The monoisotopic (exact) mass is 280 g/mol. The van der Waals surface area contributed by atoms with Gasteiger partial charge in [0.25, 0.3) is 5.91 Å². The lowest BCUT2D eigenvalue weighted by atomic mass is 9.98. The van der Waals surface area contributed by atoms with E-state index >= 15 is 0 Å². The summed E-state index contributed by atoms with van der Waals surface area (Å²) in [5, 5.41) is 3.38. The Kier molecular flexibility index (Phi) is 3.65. The van der Waals surface area contributed by atoms with Crippen LogP contribution in [0.15, 0.2) is 42.5 Å². The molecule has 1 amide bonds. The summed E-state index contributed by atoms with van der Waals surface area (Å²) in [5.41, 5.74) is 5.09. The van der Waals surface area contributed by atoms with E-state index in [9.17, 15) is 4.79 Å². The first-order valence-corrected chi connectivity index (χ1v) is 7.37. The van der Waals surface area contributed by atoms with Crippen molar-refractivity contribution in [3.8, 4) is 0 Å². The highest BCUT2D eigenvalue weighted by molar-refractivity contribution is 6.09. The van der Waals surface area contributed by atoms with Crippen LogP contribution >= 0.6 is 0 Å². The van der Waals surface area contributed by atoms with Crippen molar-refractivity contribution in [2.75, 3.05) is 23.8 Å². The van der Waals surface area contributed by atoms with Gasteiger partial charge in [0.2, 0.25) is 0 Å². The lowest BCUT2D eigenvalue weighted by Crippen LogP contribution is -2.28. The molecule has 0 saturated carbocycles. The summed E-state index contributed by atoms with van der Waals surface area (Å²) in [5.74, 6) is 0.0341. The Morgan fingerprint density at radius 1 is 1.19 bits per heavy atom. The molecular formula is C18H20N2O. The molecule has 2 aromatic rings. The second-order valence-corrected chi connectivity index (χ2v) is 5.57. The number of carbonyl (C=O) groups is 1. The van der Waals surface area contributed by atoms with Crippen molar-refractivity contribution in [2.24, 2.45) is 0 Å². The summed E-state index contributed by atoms with van der Waals surface area (Å²) in [6.45, 7) is 2.97. The minimum Gasteiger partial charge on any atom is -0.384 e. The van der Waals surface area contributed by atoms with E-state index in [1.807, 2.05) is 50.4 Å². The maximum absolute atomic E-state index is 12.8. The minimum atomic E-state index is 0.0341. The van der Waals surface area contributed by atoms with Crippen LogP contribution in [0.25, 0.3) is 0 Å². The Morgan fingerprint density at radius 2 is 2.00 bits per heavy atom. The molecule has 0 aliphatic carbocycles. The second kappa shape index (κ2) is 5.60. The van der Waals surface area contributed by atoms with Gasteiger partial charge >= 0.3 is 0 Å². The van der Waals surface area contributed by atoms with Crippen molar-refractivity contribution in [1.82, 2.24) is 0 Å². The second-order valence-electron chi connectivity index (χ2n) is 5.57. The molecule has 3 heteroatoms. The van der Waals surface area contributed by atoms with Crippen molar-refractivity contribution in [2.45, 2.75) is 19.8 Å². The van der Waals surface area contributed by atoms with Crippen molar-refractivity contribution >= 4 is 17.3 Å². The summed E-state index contributed by atoms with van der Waals surface area (Å²) < 4.78 is 0. The van der Waals surface area contributed by atoms with Crippen LogP contribution in [-0.2, 0) is 6.42 Å². The molecule has 21 heavy (non-hydrogen) atoms. The number of amides is 1. The first-order valence-electron chi connectivity index (χ1n) is 7.37. The van der Waals surface area contributed by atoms with Crippen LogP contribution in [0.2, 0.25) is 0 Å². The van der Waals surface area contributed by atoms with Gasteiger partial charge in [-0.3, -0.25) is 4.79 Å². The number of para-hydroxylation sites is 1. The molecule has 0 fully saturated rings. The number of anilines is 2. The summed E-state index contributed by atoms with van der Waals surface area (Å²) in [6.07, 6.45) is 2.16. The number of nitrogens with one attached hydrogen (secondary N) is 1. The Balaban J connectivity index is 1.95. The third kappa shape index (κ3) is 2.64. The Morgan fingerprint density at radius 3 is 2.81 bits per heavy atom. The van der Waals surface area contributed by atoms with Gasteiger partial charge in [-0.2, -0.15) is 0 Å². The highest BCUT2D eigenvalue weighted by Gasteiger charge is 2.20. The molecule has 0 atom stereocenters. The van der Waals surface area contributed by atoms with Crippen LogP contribution in [0, 0.1) is 6.92 Å². The van der Waals surface area contributed by atoms with Crippen LogP contribution in [-0.4, -0.2) is 19.5 Å². The molecule has 3 rings (SSSR count). The molecule has 0 aromatic heterocycles. The number of aryl methyl sites for hydroxylation is 2. The Hall–Kier alpha value is -2.29. The summed E-state index contributed by atoms with van der Waals surface area (Å²) in [4.78, 5) is 14.5. The number of carbonyl (C=O) groups excluding carboxylic acids is 1. The van der Waals surface area contributed by atoms with Gasteiger partial charge in [0.05, 0.1) is 11.3 Å². The molecule has 2 aromatic carbocycles. The molecule has 108 valence electrons. The SMILES string of the molecule is Cc1cccc(N(C)C(=O)c2cccc3c2NCCC3)c1. The van der Waals surface area contributed by atoms with Crippen LogP contribution < -0.4 is 10.2 Å². The number of hydrogen-bond acceptors (Lipinski definition) is 2. The largest absolute Gasteiger partial charge is 0.384 e. The van der Waals surface area contributed by atoms with Crippen molar-refractivity contribution < 1.29 is 4.79 Å². The highest BCUT2D eigenvalue weighted by Crippen LogP contribution is 2.28. The van der Waals surface area contributed by atoms with E-state index in [2.05, 4.69) is 11.4 Å². The van der Waals surface area contributed by atoms with E-state index in [0.717, 1.165) is 41.9 Å². The van der Waals surface area contributed by atoms with Gasteiger partial charge in [-0.15, -0.1) is 0 Å². The first kappa shape index (κ1) is 13.7. The number of benzene rings is 2. The predicted octanol–water partition coefficient (Wildman–Crippen LogP) is 3.63. The van der Waals surface area contributed by atoms with Crippen molar-refractivity contribution in [1.29, 1.82) is 0 Å². The van der Waals surface area contributed by atoms with Gasteiger partial charge < -0.3 is 10.2 Å².